The second kappa shape index (κ2) is 8.45. The highest BCUT2D eigenvalue weighted by atomic mass is 16.1. The number of H-pyrrole nitrogens is 2. The highest BCUT2D eigenvalue weighted by Crippen LogP contribution is 2.36. The van der Waals surface area contributed by atoms with Crippen molar-refractivity contribution in [3.05, 3.63) is 107 Å². The number of hydrogen-bond donors (Lipinski definition) is 3. The van der Waals surface area contributed by atoms with Crippen molar-refractivity contribution in [1.82, 2.24) is 34.1 Å². The van der Waals surface area contributed by atoms with Crippen LogP contribution in [0.25, 0.3) is 44.3 Å². The summed E-state index contributed by atoms with van der Waals surface area (Å²) in [4.78, 5) is 29.4. The molecule has 9 heteroatoms. The Balaban J connectivity index is 1.39. The number of nitrogens with one attached hydrogen (secondary N) is 3. The van der Waals surface area contributed by atoms with E-state index in [0.29, 0.717) is 17.2 Å². The predicted molar refractivity (Wildman–Crippen MR) is 149 cm³/mol. The van der Waals surface area contributed by atoms with Crippen molar-refractivity contribution in [2.75, 3.05) is 5.32 Å². The van der Waals surface area contributed by atoms with E-state index in [0.717, 1.165) is 44.3 Å². The van der Waals surface area contributed by atoms with Crippen molar-refractivity contribution < 1.29 is 0 Å². The van der Waals surface area contributed by atoms with Crippen LogP contribution in [-0.2, 0) is 0 Å². The van der Waals surface area contributed by atoms with Gasteiger partial charge in [-0.25, -0.2) is 14.5 Å². The van der Waals surface area contributed by atoms with Crippen LogP contribution in [0.1, 0.15) is 24.4 Å². The van der Waals surface area contributed by atoms with Gasteiger partial charge in [-0.05, 0) is 55.3 Å². The Bertz CT molecular complexity index is 2010. The van der Waals surface area contributed by atoms with E-state index in [9.17, 15) is 4.79 Å². The molecular formula is C29H24N8O. The number of benzene rings is 2. The van der Waals surface area contributed by atoms with E-state index in [1.54, 1.807) is 9.08 Å². The third-order valence-corrected chi connectivity index (χ3v) is 7.02. The molecule has 0 spiro atoms. The van der Waals surface area contributed by atoms with E-state index in [-0.39, 0.29) is 11.6 Å². The number of hydrogen-bond acceptors (Lipinski definition) is 5. The molecular weight excluding hydrogens is 476 g/mol. The van der Waals surface area contributed by atoms with Crippen LogP contribution in [0.2, 0.25) is 0 Å². The van der Waals surface area contributed by atoms with E-state index in [2.05, 4.69) is 43.5 Å². The average molecular weight is 501 g/mol. The summed E-state index contributed by atoms with van der Waals surface area (Å²) >= 11 is 0. The lowest BCUT2D eigenvalue weighted by molar-refractivity contribution is 0.673. The lowest BCUT2D eigenvalue weighted by Crippen LogP contribution is -2.29. The third-order valence-electron chi connectivity index (χ3n) is 7.02. The molecule has 0 amide bonds. The van der Waals surface area contributed by atoms with Gasteiger partial charge in [-0.1, -0.05) is 30.3 Å². The highest BCUT2D eigenvalue weighted by Gasteiger charge is 2.22. The Morgan fingerprint density at radius 2 is 1.82 bits per heavy atom. The molecule has 0 bridgehead atoms. The van der Waals surface area contributed by atoms with Gasteiger partial charge in [0.1, 0.15) is 23.3 Å². The van der Waals surface area contributed by atoms with Gasteiger partial charge in [0.05, 0.1) is 17.1 Å². The number of aromatic nitrogens is 7. The zero-order chi connectivity index (χ0) is 25.8. The Hall–Kier alpha value is -5.18. The molecule has 3 N–H and O–H groups in total. The smallest absolute Gasteiger partial charge is 0.282 e. The number of rotatable bonds is 5. The first-order valence-corrected chi connectivity index (χ1v) is 12.4. The van der Waals surface area contributed by atoms with Crippen LogP contribution in [0.15, 0.2) is 90.4 Å². The molecule has 38 heavy (non-hydrogen) atoms. The van der Waals surface area contributed by atoms with Crippen LogP contribution in [0.3, 0.4) is 0 Å². The second-order valence-corrected chi connectivity index (χ2v) is 9.38. The number of aromatic amines is 2. The van der Waals surface area contributed by atoms with Gasteiger partial charge < -0.3 is 15.3 Å². The minimum atomic E-state index is -0.362. The van der Waals surface area contributed by atoms with Crippen molar-refractivity contribution in [3.8, 4) is 16.8 Å². The molecule has 7 rings (SSSR count). The summed E-state index contributed by atoms with van der Waals surface area (Å²) in [6.07, 6.45) is 7.26. The fourth-order valence-electron chi connectivity index (χ4n) is 5.21. The predicted octanol–water partition coefficient (Wildman–Crippen LogP) is 5.39. The Kier molecular flexibility index (Phi) is 4.90. The van der Waals surface area contributed by atoms with Gasteiger partial charge in [-0.2, -0.15) is 5.10 Å². The van der Waals surface area contributed by atoms with Gasteiger partial charge in [0.25, 0.3) is 5.56 Å². The van der Waals surface area contributed by atoms with Gasteiger partial charge in [-0.3, -0.25) is 9.36 Å². The summed E-state index contributed by atoms with van der Waals surface area (Å²) in [5, 5.41) is 10.4. The van der Waals surface area contributed by atoms with Crippen molar-refractivity contribution in [2.24, 2.45) is 0 Å². The summed E-state index contributed by atoms with van der Waals surface area (Å²) in [5.74, 6) is 1.23. The van der Waals surface area contributed by atoms with E-state index < -0.39 is 0 Å². The maximum absolute atomic E-state index is 13.7. The summed E-state index contributed by atoms with van der Waals surface area (Å²) in [6.45, 7) is 3.90. The number of fused-ring (bicyclic) bond motifs is 3. The second-order valence-electron chi connectivity index (χ2n) is 9.38. The van der Waals surface area contributed by atoms with Gasteiger partial charge >= 0.3 is 0 Å². The van der Waals surface area contributed by atoms with Crippen LogP contribution in [-0.4, -0.2) is 34.1 Å². The molecule has 2 aromatic carbocycles. The molecule has 0 radical (unpaired) electrons. The Morgan fingerprint density at radius 1 is 0.947 bits per heavy atom. The largest absolute Gasteiger partial charge is 0.361 e. The molecule has 0 fully saturated rings. The van der Waals surface area contributed by atoms with Crippen LogP contribution in [0, 0.1) is 6.92 Å². The standard InChI is InChI=1S/C29H24N8O/c1-17-12-14-36-25(17)29(38)37(19-7-4-3-5-8-19)28(35-36)18(2)34-27-24-22(15-31-26(24)32-16-33-27)20-9-6-10-23-21(20)11-13-30-23/h3-16,18,30H,1-2H3,(H2,31,32,33,34). The average Bonchev–Trinajstić information content (AvgIpc) is 3.68. The molecule has 0 aliphatic heterocycles. The van der Waals surface area contributed by atoms with Crippen LogP contribution in [0.5, 0.6) is 0 Å². The summed E-state index contributed by atoms with van der Waals surface area (Å²) in [5.41, 5.74) is 5.92. The van der Waals surface area contributed by atoms with Crippen LogP contribution in [0.4, 0.5) is 5.82 Å². The Labute approximate surface area is 216 Å². The maximum Gasteiger partial charge on any atom is 0.282 e. The van der Waals surface area contributed by atoms with Crippen molar-refractivity contribution in [1.29, 1.82) is 0 Å². The van der Waals surface area contributed by atoms with E-state index in [4.69, 9.17) is 5.10 Å². The summed E-state index contributed by atoms with van der Waals surface area (Å²) < 4.78 is 3.34. The number of anilines is 1. The minimum Gasteiger partial charge on any atom is -0.361 e. The zero-order valence-electron chi connectivity index (χ0n) is 20.8. The maximum atomic E-state index is 13.7. The molecule has 1 atom stereocenters. The van der Waals surface area contributed by atoms with Gasteiger partial charge in [-0.15, -0.1) is 0 Å². The normalized spacial score (nSPS) is 12.5. The van der Waals surface area contributed by atoms with Crippen LogP contribution >= 0.6 is 0 Å². The van der Waals surface area contributed by atoms with Gasteiger partial charge in [0, 0.05) is 35.1 Å². The number of nitrogens with zero attached hydrogens (tertiary/aromatic N) is 5. The first-order valence-electron chi connectivity index (χ1n) is 12.4. The molecule has 0 aliphatic carbocycles. The molecule has 5 heterocycles. The van der Waals surface area contributed by atoms with Gasteiger partial charge in [0.2, 0.25) is 0 Å². The first kappa shape index (κ1) is 22.1. The monoisotopic (exact) mass is 500 g/mol. The van der Waals surface area contributed by atoms with Crippen molar-refractivity contribution >= 4 is 33.3 Å². The minimum absolute atomic E-state index is 0.119. The zero-order valence-corrected chi connectivity index (χ0v) is 20.8. The van der Waals surface area contributed by atoms with E-state index >= 15 is 0 Å². The molecule has 1 unspecified atom stereocenters. The molecule has 5 aromatic heterocycles. The lowest BCUT2D eigenvalue weighted by Gasteiger charge is -2.20. The Morgan fingerprint density at radius 3 is 2.68 bits per heavy atom. The van der Waals surface area contributed by atoms with E-state index in [1.807, 2.05) is 74.9 Å². The molecule has 0 saturated carbocycles. The summed E-state index contributed by atoms with van der Waals surface area (Å²) in [7, 11) is 0. The SMILES string of the molecule is Cc1ccn2nc(C(C)Nc3ncnc4[nH]cc(-c5cccc6[nH]ccc56)c34)n(-c3ccccc3)c(=O)c12. The summed E-state index contributed by atoms with van der Waals surface area (Å²) in [6, 6.07) is 19.4. The lowest BCUT2D eigenvalue weighted by atomic mass is 10.0. The number of aryl methyl sites for hydroxylation is 1. The molecule has 186 valence electrons. The number of para-hydroxylation sites is 1. The fourth-order valence-corrected chi connectivity index (χ4v) is 5.21. The quantitative estimate of drug-likeness (QED) is 0.294. The molecule has 0 aliphatic rings. The molecule has 9 nitrogen and oxygen atoms in total. The topological polar surface area (TPSA) is 109 Å². The van der Waals surface area contributed by atoms with E-state index in [1.165, 1.54) is 6.33 Å². The first-order chi connectivity index (χ1) is 18.6. The van der Waals surface area contributed by atoms with Gasteiger partial charge in [0.15, 0.2) is 5.82 Å². The van der Waals surface area contributed by atoms with Crippen molar-refractivity contribution in [3.63, 3.8) is 0 Å². The third kappa shape index (κ3) is 3.32. The molecule has 0 saturated heterocycles. The fraction of sp³-hybridized carbons (Fsp3) is 0.103. The molecule has 7 aromatic rings. The van der Waals surface area contributed by atoms with Crippen molar-refractivity contribution in [2.45, 2.75) is 19.9 Å². The highest BCUT2D eigenvalue weighted by molar-refractivity contribution is 6.07. The van der Waals surface area contributed by atoms with Crippen LogP contribution < -0.4 is 10.9 Å².